The Hall–Kier alpha value is -3.34. The minimum Gasteiger partial charge on any atom is -0.497 e. The zero-order valence-electron chi connectivity index (χ0n) is 18.4. The first-order valence-electron chi connectivity index (χ1n) is 9.95. The standard InChI is InChI=1S/C24H24ClN3O4/c1-15-9-18(16(2)28(15)7-8-30-3)11-19(13-26)24(29)32-14-20-10-17-5-6-21(31-4)12-22(17)27-23(20)25/h5-6,9-12H,7-8,14H2,1-4H3/b19-11+. The minimum absolute atomic E-state index is 0.0911. The molecule has 0 saturated carbocycles. The Bertz CT molecular complexity index is 1220. The zero-order chi connectivity index (χ0) is 23.3. The number of halogens is 1. The van der Waals surface area contributed by atoms with Gasteiger partial charge in [-0.2, -0.15) is 5.26 Å². The van der Waals surface area contributed by atoms with E-state index in [1.54, 1.807) is 32.4 Å². The molecule has 0 aliphatic carbocycles. The second-order valence-corrected chi connectivity index (χ2v) is 7.57. The molecule has 0 amide bonds. The van der Waals surface area contributed by atoms with Crippen molar-refractivity contribution in [3.05, 3.63) is 63.6 Å². The van der Waals surface area contributed by atoms with Crippen LogP contribution in [0.5, 0.6) is 5.75 Å². The minimum atomic E-state index is -0.722. The Balaban J connectivity index is 1.77. The number of nitriles is 1. The predicted octanol–water partition coefficient (Wildman–Crippen LogP) is 4.61. The first-order valence-corrected chi connectivity index (χ1v) is 10.3. The third kappa shape index (κ3) is 5.10. The van der Waals surface area contributed by atoms with E-state index < -0.39 is 5.97 Å². The maximum atomic E-state index is 12.6. The third-order valence-electron chi connectivity index (χ3n) is 5.18. The molecule has 0 spiro atoms. The van der Waals surface area contributed by atoms with Gasteiger partial charge in [0.15, 0.2) is 0 Å². The molecule has 0 radical (unpaired) electrons. The summed E-state index contributed by atoms with van der Waals surface area (Å²) in [6, 6.07) is 11.1. The first-order chi connectivity index (χ1) is 15.4. The second kappa shape index (κ2) is 10.3. The van der Waals surface area contributed by atoms with Gasteiger partial charge in [-0.1, -0.05) is 11.6 Å². The number of aromatic nitrogens is 2. The Morgan fingerprint density at radius 1 is 1.25 bits per heavy atom. The van der Waals surface area contributed by atoms with Gasteiger partial charge < -0.3 is 18.8 Å². The quantitative estimate of drug-likeness (QED) is 0.214. The molecular weight excluding hydrogens is 430 g/mol. The van der Waals surface area contributed by atoms with E-state index >= 15 is 0 Å². The van der Waals surface area contributed by atoms with Crippen molar-refractivity contribution in [3.63, 3.8) is 0 Å². The predicted molar refractivity (Wildman–Crippen MR) is 122 cm³/mol. The molecule has 1 aromatic carbocycles. The van der Waals surface area contributed by atoms with Crippen molar-refractivity contribution in [1.29, 1.82) is 5.26 Å². The van der Waals surface area contributed by atoms with E-state index in [1.807, 2.05) is 38.1 Å². The topological polar surface area (TPSA) is 86.4 Å². The fraction of sp³-hybridized carbons (Fsp3) is 0.292. The molecular formula is C24H24ClN3O4. The van der Waals surface area contributed by atoms with Gasteiger partial charge in [-0.05, 0) is 49.8 Å². The van der Waals surface area contributed by atoms with Crippen LogP contribution in [-0.2, 0) is 27.4 Å². The van der Waals surface area contributed by atoms with Gasteiger partial charge in [-0.15, -0.1) is 0 Å². The van der Waals surface area contributed by atoms with Crippen molar-refractivity contribution in [3.8, 4) is 11.8 Å². The lowest BCUT2D eigenvalue weighted by Crippen LogP contribution is -2.08. The van der Waals surface area contributed by atoms with Gasteiger partial charge in [0.05, 0.1) is 19.2 Å². The van der Waals surface area contributed by atoms with Crippen LogP contribution in [-0.4, -0.2) is 36.3 Å². The number of nitrogens with zero attached hydrogens (tertiary/aromatic N) is 3. The average molecular weight is 454 g/mol. The van der Waals surface area contributed by atoms with E-state index in [0.717, 1.165) is 22.3 Å². The zero-order valence-corrected chi connectivity index (χ0v) is 19.2. The molecule has 0 fully saturated rings. The largest absolute Gasteiger partial charge is 0.497 e. The number of hydrogen-bond donors (Lipinski definition) is 0. The molecule has 3 aromatic rings. The van der Waals surface area contributed by atoms with Crippen LogP contribution < -0.4 is 4.74 Å². The summed E-state index contributed by atoms with van der Waals surface area (Å²) in [5, 5.41) is 10.6. The van der Waals surface area contributed by atoms with Crippen molar-refractivity contribution >= 4 is 34.5 Å². The van der Waals surface area contributed by atoms with Gasteiger partial charge >= 0.3 is 5.97 Å². The Morgan fingerprint density at radius 3 is 2.72 bits per heavy atom. The van der Waals surface area contributed by atoms with Crippen molar-refractivity contribution in [2.75, 3.05) is 20.8 Å². The van der Waals surface area contributed by atoms with E-state index in [1.165, 1.54) is 0 Å². The monoisotopic (exact) mass is 453 g/mol. The van der Waals surface area contributed by atoms with Crippen molar-refractivity contribution in [2.24, 2.45) is 0 Å². The van der Waals surface area contributed by atoms with Crippen LogP contribution in [0.4, 0.5) is 0 Å². The Morgan fingerprint density at radius 2 is 2.03 bits per heavy atom. The summed E-state index contributed by atoms with van der Waals surface area (Å²) >= 11 is 6.27. The number of fused-ring (bicyclic) bond motifs is 1. The molecule has 0 aliphatic rings. The number of benzene rings is 1. The van der Waals surface area contributed by atoms with E-state index in [9.17, 15) is 10.1 Å². The summed E-state index contributed by atoms with van der Waals surface area (Å²) in [5.74, 6) is -0.0503. The highest BCUT2D eigenvalue weighted by molar-refractivity contribution is 6.30. The molecule has 7 nitrogen and oxygen atoms in total. The fourth-order valence-corrected chi connectivity index (χ4v) is 3.61. The van der Waals surface area contributed by atoms with Crippen LogP contribution in [0.3, 0.4) is 0 Å². The highest BCUT2D eigenvalue weighted by atomic mass is 35.5. The first kappa shape index (κ1) is 23.3. The average Bonchev–Trinajstić information content (AvgIpc) is 3.05. The third-order valence-corrected chi connectivity index (χ3v) is 5.51. The number of rotatable bonds is 8. The molecule has 2 aromatic heterocycles. The van der Waals surface area contributed by atoms with Crippen LogP contribution in [0.15, 0.2) is 35.9 Å². The number of carbonyl (C=O) groups excluding carboxylic acids is 1. The van der Waals surface area contributed by atoms with Gasteiger partial charge in [-0.25, -0.2) is 9.78 Å². The molecule has 3 rings (SSSR count). The van der Waals surface area contributed by atoms with Crippen LogP contribution in [0, 0.1) is 25.2 Å². The normalized spacial score (nSPS) is 11.4. The number of carbonyl (C=O) groups is 1. The highest BCUT2D eigenvalue weighted by Crippen LogP contribution is 2.25. The van der Waals surface area contributed by atoms with Gasteiger partial charge in [-0.3, -0.25) is 0 Å². The van der Waals surface area contributed by atoms with Crippen molar-refractivity contribution in [2.45, 2.75) is 27.0 Å². The molecule has 0 atom stereocenters. The Kier molecular flexibility index (Phi) is 7.52. The SMILES string of the molecule is COCCn1c(C)cc(/C=C(\C#N)C(=O)OCc2cc3ccc(OC)cc3nc2Cl)c1C. The lowest BCUT2D eigenvalue weighted by atomic mass is 10.1. The highest BCUT2D eigenvalue weighted by Gasteiger charge is 2.16. The van der Waals surface area contributed by atoms with E-state index in [0.29, 0.717) is 30.0 Å². The second-order valence-electron chi connectivity index (χ2n) is 7.21. The molecule has 8 heteroatoms. The summed E-state index contributed by atoms with van der Waals surface area (Å²) in [4.78, 5) is 16.9. The number of aryl methyl sites for hydroxylation is 1. The maximum absolute atomic E-state index is 12.6. The molecule has 0 saturated heterocycles. The fourth-order valence-electron chi connectivity index (χ4n) is 3.41. The molecule has 2 heterocycles. The molecule has 166 valence electrons. The van der Waals surface area contributed by atoms with E-state index in [4.69, 9.17) is 25.8 Å². The number of methoxy groups -OCH3 is 2. The summed E-state index contributed by atoms with van der Waals surface area (Å²) in [7, 11) is 3.22. The molecule has 0 N–H and O–H groups in total. The summed E-state index contributed by atoms with van der Waals surface area (Å²) in [5.41, 5.74) is 3.87. The molecule has 32 heavy (non-hydrogen) atoms. The molecule has 0 bridgehead atoms. The van der Waals surface area contributed by atoms with Gasteiger partial charge in [0.25, 0.3) is 0 Å². The number of esters is 1. The van der Waals surface area contributed by atoms with Crippen molar-refractivity contribution < 1.29 is 19.0 Å². The summed E-state index contributed by atoms with van der Waals surface area (Å²) < 4.78 is 17.8. The van der Waals surface area contributed by atoms with Crippen LogP contribution in [0.25, 0.3) is 17.0 Å². The molecule has 0 unspecified atom stereocenters. The van der Waals surface area contributed by atoms with Crippen LogP contribution in [0.2, 0.25) is 5.15 Å². The summed E-state index contributed by atoms with van der Waals surface area (Å²) in [6.07, 6.45) is 1.54. The number of hydrogen-bond acceptors (Lipinski definition) is 6. The van der Waals surface area contributed by atoms with Gasteiger partial charge in [0.1, 0.15) is 29.2 Å². The smallest absolute Gasteiger partial charge is 0.349 e. The number of ether oxygens (including phenoxy) is 3. The van der Waals surface area contributed by atoms with Gasteiger partial charge in [0.2, 0.25) is 0 Å². The lowest BCUT2D eigenvalue weighted by molar-refractivity contribution is -0.139. The van der Waals surface area contributed by atoms with E-state index in [2.05, 4.69) is 9.55 Å². The molecule has 0 aliphatic heterocycles. The maximum Gasteiger partial charge on any atom is 0.349 e. The lowest BCUT2D eigenvalue weighted by Gasteiger charge is -2.09. The van der Waals surface area contributed by atoms with Crippen LogP contribution in [0.1, 0.15) is 22.5 Å². The number of pyridine rings is 1. The summed E-state index contributed by atoms with van der Waals surface area (Å²) in [6.45, 7) is 5.06. The van der Waals surface area contributed by atoms with Crippen molar-refractivity contribution in [1.82, 2.24) is 9.55 Å². The van der Waals surface area contributed by atoms with Crippen LogP contribution >= 0.6 is 11.6 Å². The van der Waals surface area contributed by atoms with Gasteiger partial charge in [0, 0.05) is 42.1 Å². The Labute approximate surface area is 191 Å². The van der Waals surface area contributed by atoms with E-state index in [-0.39, 0.29) is 17.3 Å².